The van der Waals surface area contributed by atoms with Crippen molar-refractivity contribution in [3.8, 4) is 33.9 Å². The fourth-order valence-corrected chi connectivity index (χ4v) is 7.92. The molecule has 0 fully saturated rings. The Morgan fingerprint density at radius 2 is 1.14 bits per heavy atom. The topological polar surface area (TPSA) is 244 Å². The lowest BCUT2D eigenvalue weighted by Gasteiger charge is -2.29. The number of methoxy groups -OCH3 is 1. The highest BCUT2D eigenvalue weighted by Gasteiger charge is 2.30. The number of halogens is 2. The van der Waals surface area contributed by atoms with Gasteiger partial charge in [0.05, 0.1) is 32.5 Å². The Morgan fingerprint density at radius 3 is 1.70 bits per heavy atom. The third-order valence-electron chi connectivity index (χ3n) is 11.6. The summed E-state index contributed by atoms with van der Waals surface area (Å²) in [5, 5.41) is 21.4. The van der Waals surface area contributed by atoms with Crippen LogP contribution in [-0.4, -0.2) is 183 Å². The van der Waals surface area contributed by atoms with Crippen LogP contribution in [0.3, 0.4) is 0 Å². The summed E-state index contributed by atoms with van der Waals surface area (Å²) in [4.78, 5) is 84.9. The second-order valence-corrected chi connectivity index (χ2v) is 16.7. The number of ether oxygens (including phenoxy) is 5. The molecule has 0 saturated carbocycles. The lowest BCUT2D eigenvalue weighted by atomic mass is 10.0. The van der Waals surface area contributed by atoms with Gasteiger partial charge < -0.3 is 43.7 Å². The normalized spacial score (nSPS) is 12.6. The highest BCUT2D eigenvalue weighted by Crippen LogP contribution is 2.41. The predicted octanol–water partition coefficient (Wildman–Crippen LogP) is 4.44. The maximum absolute atomic E-state index is 15.3. The first-order valence-corrected chi connectivity index (χ1v) is 23.6. The first kappa shape index (κ1) is 56.7. The fraction of sp³-hybridized carbons (Fsp3) is 0.269. The van der Waals surface area contributed by atoms with Crippen LogP contribution < -0.4 is 14.8 Å². The number of allylic oxidation sites excluding steroid dienone is 1. The first-order valence-electron chi connectivity index (χ1n) is 23.6. The summed E-state index contributed by atoms with van der Waals surface area (Å²) >= 11 is 0. The molecule has 6 rings (SSSR count). The van der Waals surface area contributed by atoms with Crippen molar-refractivity contribution in [3.63, 3.8) is 0 Å². The summed E-state index contributed by atoms with van der Waals surface area (Å²) in [6, 6.07) is 33.9. The van der Waals surface area contributed by atoms with Crippen LogP contribution in [0, 0.1) is 0 Å². The number of carbonyl (C=O) groups is 6. The highest BCUT2D eigenvalue weighted by molar-refractivity contribution is 6.43. The lowest BCUT2D eigenvalue weighted by molar-refractivity contribution is -0.144. The van der Waals surface area contributed by atoms with Crippen molar-refractivity contribution in [2.45, 2.75) is 0 Å². The lowest BCUT2D eigenvalue weighted by Crippen LogP contribution is -2.46. The average Bonchev–Trinajstić information content (AvgIpc) is 4.03. The smallest absolute Gasteiger partial charge is 0.497 e. The van der Waals surface area contributed by atoms with E-state index in [2.05, 4.69) is 10.1 Å². The molecule has 21 nitrogen and oxygen atoms in total. The van der Waals surface area contributed by atoms with E-state index in [1.165, 1.54) is 14.7 Å². The Kier molecular flexibility index (Phi) is 21.9. The molecule has 1 amide bonds. The molecule has 4 aromatic carbocycles. The van der Waals surface area contributed by atoms with Gasteiger partial charge in [-0.25, -0.2) is 9.98 Å². The van der Waals surface area contributed by atoms with Gasteiger partial charge in [0.25, 0.3) is 19.4 Å². The van der Waals surface area contributed by atoms with Gasteiger partial charge in [-0.1, -0.05) is 84.9 Å². The Labute approximate surface area is 436 Å². The third kappa shape index (κ3) is 17.0. The summed E-state index contributed by atoms with van der Waals surface area (Å²) in [6.45, 7) is -0.877. The summed E-state index contributed by atoms with van der Waals surface area (Å²) in [5.74, 6) is -1.67. The van der Waals surface area contributed by atoms with Crippen LogP contribution >= 0.6 is 0 Å². The van der Waals surface area contributed by atoms with E-state index < -0.39 is 38.3 Å². The van der Waals surface area contributed by atoms with E-state index in [0.717, 1.165) is 10.0 Å². The van der Waals surface area contributed by atoms with Gasteiger partial charge in [0, 0.05) is 61.7 Å². The molecule has 1 aliphatic heterocycles. The van der Waals surface area contributed by atoms with E-state index in [-0.39, 0.29) is 110 Å². The van der Waals surface area contributed by atoms with Crippen LogP contribution in [0.4, 0.5) is 14.4 Å². The standard InChI is InChI=1S/C52H55BF2N8O13/c1-72-42-16-12-39(13-17-42)45-27-47(41-10-6-3-7-11-41)63(53(54)55)52(45)58-51-44(26-46(57-51)40-8-4-2-5-9-40)38-14-18-43(19-15-38)76-31-56-48(67)28-61(33-74-36-65)25-23-60(32-73-35-64)22-20-59(29-49(68)69)21-24-62(30-50(70)71)34-75-37-66/h2-19,26-27,35-37H,20-25,28-34H2,1H3,(H,56,67)(H,68,69)(H,70,71). The quantitative estimate of drug-likeness (QED) is 0.0223. The number of nitrogens with one attached hydrogen (secondary N) is 1. The maximum atomic E-state index is 15.3. The molecule has 0 aliphatic carbocycles. The molecule has 3 N–H and O–H groups in total. The number of benzene rings is 4. The molecule has 0 atom stereocenters. The number of carbonyl (C=O) groups excluding carboxylic acids is 4. The Bertz CT molecular complexity index is 2820. The SMILES string of the molecule is COc1ccc(-c2cc(-c3ccccc3)n(B(F)F)c2N=C2N=C(c3ccccc3)C=C2c2ccc(OCNC(=O)CN(CCN(CCN(CCN(COC=O)CC(=O)O)CC(=O)O)COC=O)COC=O)cc2)cc1. The molecule has 1 aliphatic rings. The van der Waals surface area contributed by atoms with Crippen molar-refractivity contribution in [2.24, 2.45) is 9.98 Å². The van der Waals surface area contributed by atoms with Crippen LogP contribution in [0.5, 0.6) is 11.5 Å². The van der Waals surface area contributed by atoms with Gasteiger partial charge in [-0.15, -0.1) is 0 Å². The molecule has 0 radical (unpaired) electrons. The second kappa shape index (κ2) is 29.3. The fourth-order valence-electron chi connectivity index (χ4n) is 7.92. The summed E-state index contributed by atoms with van der Waals surface area (Å²) < 4.78 is 57.4. The number of aliphatic carboxylic acids is 2. The van der Waals surface area contributed by atoms with Crippen LogP contribution in [0.1, 0.15) is 11.1 Å². The largest absolute Gasteiger partial charge is 0.679 e. The number of hydrogen-bond donors (Lipinski definition) is 3. The summed E-state index contributed by atoms with van der Waals surface area (Å²) in [5.41, 5.74) is 4.46. The van der Waals surface area contributed by atoms with E-state index in [0.29, 0.717) is 45.0 Å². The Balaban J connectivity index is 1.13. The van der Waals surface area contributed by atoms with Crippen LogP contribution in [0.2, 0.25) is 0 Å². The van der Waals surface area contributed by atoms with Crippen molar-refractivity contribution in [1.82, 2.24) is 29.4 Å². The molecular formula is C52H55BF2N8O13. The van der Waals surface area contributed by atoms with Gasteiger partial charge >= 0.3 is 19.3 Å². The van der Waals surface area contributed by atoms with Crippen molar-refractivity contribution in [2.75, 3.05) is 92.9 Å². The number of hydrogen-bond acceptors (Lipinski definition) is 16. The van der Waals surface area contributed by atoms with Gasteiger partial charge in [-0.2, -0.15) is 0 Å². The molecule has 24 heteroatoms. The number of carboxylic acids is 2. The molecule has 0 bridgehead atoms. The third-order valence-corrected chi connectivity index (χ3v) is 11.6. The summed E-state index contributed by atoms with van der Waals surface area (Å²) in [6.07, 6.45) is 1.84. The van der Waals surface area contributed by atoms with Crippen LogP contribution in [0.25, 0.3) is 28.0 Å². The number of nitrogens with zero attached hydrogens (tertiary/aromatic N) is 7. The first-order chi connectivity index (χ1) is 36.9. The second-order valence-electron chi connectivity index (χ2n) is 16.7. The minimum absolute atomic E-state index is 0.00508. The number of aliphatic imine (C=N–C) groups is 2. The maximum Gasteiger partial charge on any atom is 0.679 e. The number of amidine groups is 1. The van der Waals surface area contributed by atoms with Crippen LogP contribution in [-0.2, 0) is 43.0 Å². The number of rotatable bonds is 34. The zero-order valence-corrected chi connectivity index (χ0v) is 41.3. The number of carboxylic acid groups (broad SMARTS) is 2. The van der Waals surface area contributed by atoms with E-state index in [4.69, 9.17) is 28.9 Å². The highest BCUT2D eigenvalue weighted by atomic mass is 19.2. The molecule has 0 saturated heterocycles. The average molecular weight is 1050 g/mol. The van der Waals surface area contributed by atoms with Crippen molar-refractivity contribution >= 4 is 67.6 Å². The molecule has 0 unspecified atom stereocenters. The zero-order chi connectivity index (χ0) is 54.2. The molecule has 0 spiro atoms. The van der Waals surface area contributed by atoms with Gasteiger partial charge in [-0.3, -0.25) is 57.0 Å². The summed E-state index contributed by atoms with van der Waals surface area (Å²) in [7, 11) is -1.43. The molecular weight excluding hydrogens is 993 g/mol. The predicted molar refractivity (Wildman–Crippen MR) is 276 cm³/mol. The molecule has 2 heterocycles. The minimum atomic E-state index is -2.97. The van der Waals surface area contributed by atoms with E-state index in [1.807, 2.05) is 42.5 Å². The van der Waals surface area contributed by atoms with E-state index >= 15 is 8.63 Å². The Hall–Kier alpha value is -8.58. The van der Waals surface area contributed by atoms with Crippen molar-refractivity contribution in [3.05, 3.63) is 132 Å². The van der Waals surface area contributed by atoms with Crippen molar-refractivity contribution < 1.29 is 71.3 Å². The van der Waals surface area contributed by atoms with Gasteiger partial charge in [-0.05, 0) is 53.1 Å². The van der Waals surface area contributed by atoms with Crippen LogP contribution in [0.15, 0.2) is 131 Å². The Morgan fingerprint density at radius 1 is 0.645 bits per heavy atom. The number of amides is 1. The molecule has 398 valence electrons. The van der Waals surface area contributed by atoms with E-state index in [9.17, 15) is 39.0 Å². The molecule has 76 heavy (non-hydrogen) atoms. The zero-order valence-electron chi connectivity index (χ0n) is 41.3. The minimum Gasteiger partial charge on any atom is -0.497 e. The van der Waals surface area contributed by atoms with Gasteiger partial charge in [0.2, 0.25) is 5.91 Å². The van der Waals surface area contributed by atoms with Crippen molar-refractivity contribution in [1.29, 1.82) is 0 Å². The number of aromatic nitrogens is 1. The monoisotopic (exact) mass is 1050 g/mol. The van der Waals surface area contributed by atoms with Gasteiger partial charge in [0.1, 0.15) is 37.5 Å². The van der Waals surface area contributed by atoms with E-state index in [1.54, 1.807) is 90.9 Å². The molecule has 1 aromatic heterocycles. The molecule has 5 aromatic rings. The van der Waals surface area contributed by atoms with Gasteiger partial charge in [0.15, 0.2) is 12.6 Å².